The van der Waals surface area contributed by atoms with E-state index < -0.39 is 29.7 Å². The third-order valence-corrected chi connectivity index (χ3v) is 4.80. The van der Waals surface area contributed by atoms with Gasteiger partial charge >= 0.3 is 24.1 Å². The van der Waals surface area contributed by atoms with Crippen molar-refractivity contribution in [3.05, 3.63) is 59.8 Å². The number of hydrogen-bond donors (Lipinski definition) is 0. The molecule has 1 aliphatic rings. The molecule has 0 saturated carbocycles. The van der Waals surface area contributed by atoms with Crippen molar-refractivity contribution in [3.8, 4) is 0 Å². The lowest BCUT2D eigenvalue weighted by Crippen LogP contribution is -2.54. The van der Waals surface area contributed by atoms with Crippen LogP contribution in [-0.2, 0) is 11.2 Å². The summed E-state index contributed by atoms with van der Waals surface area (Å²) >= 11 is 0. The first kappa shape index (κ1) is 22.6. The van der Waals surface area contributed by atoms with Crippen molar-refractivity contribution in [2.75, 3.05) is 18.0 Å². The molecule has 1 aliphatic heterocycles. The highest BCUT2D eigenvalue weighted by Crippen LogP contribution is 2.26. The Hall–Kier alpha value is -3.11. The highest BCUT2D eigenvalue weighted by molar-refractivity contribution is 5.99. The summed E-state index contributed by atoms with van der Waals surface area (Å²) in [7, 11) is 0. The van der Waals surface area contributed by atoms with E-state index in [-0.39, 0.29) is 16.5 Å². The topological polar surface area (TPSA) is 50.5 Å². The minimum atomic E-state index is -5.37. The minimum absolute atomic E-state index is 0.0631. The number of Topliss-reactive ketones (excluding diaryl/α,β-unsaturated/α-hetero) is 1. The number of rotatable bonds is 5. The van der Waals surface area contributed by atoms with Gasteiger partial charge in [0.2, 0.25) is 0 Å². The molecule has 1 aromatic heterocycles. The molecule has 1 fully saturated rings. The van der Waals surface area contributed by atoms with Gasteiger partial charge in [-0.25, -0.2) is 9.63 Å². The Labute approximate surface area is 172 Å². The lowest BCUT2D eigenvalue weighted by molar-refractivity contribution is -0.860. The number of carbonyl (C=O) groups excluding carboxylic acids is 2. The molecule has 0 radical (unpaired) electrons. The number of carbonyl (C=O) groups is 2. The predicted octanol–water partition coefficient (Wildman–Crippen LogP) is 3.31. The number of halogens is 6. The zero-order valence-electron chi connectivity index (χ0n) is 15.9. The molecule has 166 valence electrons. The van der Waals surface area contributed by atoms with Crippen molar-refractivity contribution in [1.82, 2.24) is 0 Å². The number of ketones is 1. The third kappa shape index (κ3) is 5.53. The Morgan fingerprint density at radius 1 is 1.00 bits per heavy atom. The van der Waals surface area contributed by atoms with E-state index in [4.69, 9.17) is 0 Å². The molecule has 11 heteroatoms. The van der Waals surface area contributed by atoms with Crippen LogP contribution in [0.2, 0.25) is 0 Å². The summed E-state index contributed by atoms with van der Waals surface area (Å²) in [6.07, 6.45) is -8.79. The Bertz CT molecular complexity index is 960. The van der Waals surface area contributed by atoms with Crippen LogP contribution in [0.3, 0.4) is 0 Å². The van der Waals surface area contributed by atoms with Gasteiger partial charge in [0.25, 0.3) is 5.78 Å². The SMILES string of the molecule is O=C(O[n+]1cc(C(=O)C(F)(F)F)ccc1N1CCC(Cc2ccccc2)C1)C(F)(F)F. The van der Waals surface area contributed by atoms with Gasteiger partial charge in [0.15, 0.2) is 0 Å². The highest BCUT2D eigenvalue weighted by Gasteiger charge is 2.45. The molecule has 2 aromatic rings. The van der Waals surface area contributed by atoms with Crippen molar-refractivity contribution in [2.24, 2.45) is 5.92 Å². The fraction of sp³-hybridized carbons (Fsp3) is 0.350. The monoisotopic (exact) mass is 447 g/mol. The van der Waals surface area contributed by atoms with E-state index in [0.717, 1.165) is 17.7 Å². The van der Waals surface area contributed by atoms with Crippen LogP contribution in [0.5, 0.6) is 0 Å². The van der Waals surface area contributed by atoms with Gasteiger partial charge in [0, 0.05) is 12.0 Å². The Morgan fingerprint density at radius 2 is 1.68 bits per heavy atom. The molecule has 31 heavy (non-hydrogen) atoms. The van der Waals surface area contributed by atoms with Crippen LogP contribution >= 0.6 is 0 Å². The average molecular weight is 447 g/mol. The summed E-state index contributed by atoms with van der Waals surface area (Å²) in [5, 5.41) is 0. The Morgan fingerprint density at radius 3 is 2.29 bits per heavy atom. The molecule has 3 rings (SSSR count). The summed E-state index contributed by atoms with van der Waals surface area (Å²) < 4.78 is 76.4. The summed E-state index contributed by atoms with van der Waals surface area (Å²) in [5.41, 5.74) is 0.114. The van der Waals surface area contributed by atoms with Gasteiger partial charge in [-0.05, 0) is 29.2 Å². The molecule has 0 bridgehead atoms. The van der Waals surface area contributed by atoms with Crippen LogP contribution in [0.4, 0.5) is 32.2 Å². The van der Waals surface area contributed by atoms with Gasteiger partial charge in [0.1, 0.15) is 6.20 Å². The molecule has 1 atom stereocenters. The lowest BCUT2D eigenvalue weighted by Gasteiger charge is -2.15. The summed E-state index contributed by atoms with van der Waals surface area (Å²) in [4.78, 5) is 28.6. The molecule has 2 heterocycles. The van der Waals surface area contributed by atoms with E-state index >= 15 is 0 Å². The number of nitrogens with zero attached hydrogens (tertiary/aromatic N) is 2. The van der Waals surface area contributed by atoms with E-state index in [1.165, 1.54) is 0 Å². The molecule has 5 nitrogen and oxygen atoms in total. The van der Waals surface area contributed by atoms with Crippen LogP contribution in [0, 0.1) is 5.92 Å². The smallest absolute Gasteiger partial charge is 0.284 e. The first-order valence-corrected chi connectivity index (χ1v) is 9.21. The van der Waals surface area contributed by atoms with Crippen LogP contribution in [0.15, 0.2) is 48.7 Å². The molecular formula is C20H17F6N2O3+. The van der Waals surface area contributed by atoms with Gasteiger partial charge in [-0.15, -0.1) is 0 Å². The van der Waals surface area contributed by atoms with Crippen molar-refractivity contribution in [1.29, 1.82) is 0 Å². The lowest BCUT2D eigenvalue weighted by atomic mass is 9.99. The summed E-state index contributed by atoms with van der Waals surface area (Å²) in [6, 6.07) is 11.4. The summed E-state index contributed by atoms with van der Waals surface area (Å²) in [5.74, 6) is -4.81. The fourth-order valence-electron chi connectivity index (χ4n) is 3.39. The summed E-state index contributed by atoms with van der Waals surface area (Å²) in [6.45, 7) is 0.763. The van der Waals surface area contributed by atoms with E-state index in [9.17, 15) is 35.9 Å². The average Bonchev–Trinajstić information content (AvgIpc) is 3.15. The maximum absolute atomic E-state index is 12.7. The largest absolute Gasteiger partial charge is 0.495 e. The maximum atomic E-state index is 12.7. The van der Waals surface area contributed by atoms with Crippen molar-refractivity contribution in [3.63, 3.8) is 0 Å². The highest BCUT2D eigenvalue weighted by atomic mass is 19.4. The molecule has 0 N–H and O–H groups in total. The number of pyridine rings is 1. The standard InChI is InChI=1S/C20H17F6N2O3/c21-19(22,23)17(29)15-6-7-16(28(12-15)31-18(30)20(24,25)26)27-9-8-14(11-27)10-13-4-2-1-3-5-13/h1-7,12,14H,8-11H2/q+1. The van der Waals surface area contributed by atoms with E-state index in [1.807, 2.05) is 30.3 Å². The van der Waals surface area contributed by atoms with Crippen LogP contribution < -0.4 is 14.5 Å². The second kappa shape index (κ2) is 8.56. The van der Waals surface area contributed by atoms with Crippen molar-refractivity contribution < 1.29 is 45.5 Å². The van der Waals surface area contributed by atoms with E-state index in [0.29, 0.717) is 32.1 Å². The van der Waals surface area contributed by atoms with E-state index in [1.54, 1.807) is 4.90 Å². The van der Waals surface area contributed by atoms with Gasteiger partial charge in [0.05, 0.1) is 18.7 Å². The first-order valence-electron chi connectivity index (χ1n) is 9.21. The van der Waals surface area contributed by atoms with Gasteiger partial charge in [-0.2, -0.15) is 26.3 Å². The number of anilines is 1. The number of alkyl halides is 6. The van der Waals surface area contributed by atoms with Gasteiger partial charge < -0.3 is 0 Å². The predicted molar refractivity (Wildman–Crippen MR) is 95.1 cm³/mol. The fourth-order valence-corrected chi connectivity index (χ4v) is 3.39. The maximum Gasteiger partial charge on any atom is 0.495 e. The van der Waals surface area contributed by atoms with E-state index in [2.05, 4.69) is 4.84 Å². The number of hydrogen-bond acceptors (Lipinski definition) is 4. The molecular weight excluding hydrogens is 430 g/mol. The second-order valence-corrected chi connectivity index (χ2v) is 7.10. The van der Waals surface area contributed by atoms with Crippen LogP contribution in [0.1, 0.15) is 22.3 Å². The Kier molecular flexibility index (Phi) is 6.23. The van der Waals surface area contributed by atoms with Crippen molar-refractivity contribution >= 4 is 17.6 Å². The number of aromatic nitrogens is 1. The quantitative estimate of drug-likeness (QED) is 0.401. The minimum Gasteiger partial charge on any atom is -0.284 e. The Balaban J connectivity index is 1.86. The molecule has 1 saturated heterocycles. The second-order valence-electron chi connectivity index (χ2n) is 7.10. The first-order chi connectivity index (χ1) is 14.4. The normalized spacial score (nSPS) is 17.0. The zero-order valence-corrected chi connectivity index (χ0v) is 15.9. The van der Waals surface area contributed by atoms with Crippen LogP contribution in [-0.4, -0.2) is 37.2 Å². The third-order valence-electron chi connectivity index (χ3n) is 4.80. The molecule has 0 aliphatic carbocycles. The molecule has 0 amide bonds. The van der Waals surface area contributed by atoms with Crippen molar-refractivity contribution in [2.45, 2.75) is 25.2 Å². The van der Waals surface area contributed by atoms with Crippen LogP contribution in [0.25, 0.3) is 0 Å². The molecule has 1 aromatic carbocycles. The molecule has 1 unspecified atom stereocenters. The van der Waals surface area contributed by atoms with Gasteiger partial charge in [-0.3, -0.25) is 9.69 Å². The molecule has 0 spiro atoms. The zero-order chi connectivity index (χ0) is 22.8. The number of benzene rings is 1. The van der Waals surface area contributed by atoms with Gasteiger partial charge in [-0.1, -0.05) is 30.3 Å².